The first-order chi connectivity index (χ1) is 12.7. The zero-order valence-electron chi connectivity index (χ0n) is 14.2. The van der Waals surface area contributed by atoms with E-state index < -0.39 is 6.10 Å². The highest BCUT2D eigenvalue weighted by molar-refractivity contribution is 7.12. The van der Waals surface area contributed by atoms with Gasteiger partial charge in [-0.25, -0.2) is 0 Å². The maximum atomic E-state index is 12.0. The van der Waals surface area contributed by atoms with Crippen molar-refractivity contribution >= 4 is 28.6 Å². The van der Waals surface area contributed by atoms with Crippen molar-refractivity contribution in [3.8, 4) is 11.5 Å². The Bertz CT molecular complexity index is 845. The summed E-state index contributed by atoms with van der Waals surface area (Å²) in [6, 6.07) is 12.9. The van der Waals surface area contributed by atoms with E-state index >= 15 is 0 Å². The van der Waals surface area contributed by atoms with Crippen molar-refractivity contribution in [2.45, 2.75) is 12.6 Å². The monoisotopic (exact) mass is 389 g/mol. The number of hydrogen-bond acceptors (Lipinski definition) is 6. The number of methoxy groups -OCH3 is 1. The third-order valence-electron chi connectivity index (χ3n) is 3.70. The molecule has 0 saturated carbocycles. The first kappa shape index (κ1) is 18.4. The molecular weight excluding hydrogens is 370 g/mol. The average molecular weight is 389 g/mol. The number of aliphatic hydroxyl groups is 1. The normalized spacial score (nSPS) is 11.8. The first-order valence-electron chi connectivity index (χ1n) is 7.98. The third-order valence-corrected chi connectivity index (χ3v) is 5.54. The lowest BCUT2D eigenvalue weighted by Gasteiger charge is -2.10. The molecule has 2 N–H and O–H groups in total. The first-order valence-corrected chi connectivity index (χ1v) is 9.74. The van der Waals surface area contributed by atoms with Crippen LogP contribution < -0.4 is 14.8 Å². The minimum atomic E-state index is -0.621. The molecule has 26 heavy (non-hydrogen) atoms. The molecule has 0 aliphatic carbocycles. The Hall–Kier alpha value is -2.35. The molecule has 0 fully saturated rings. The Morgan fingerprint density at radius 3 is 2.73 bits per heavy atom. The topological polar surface area (TPSA) is 67.8 Å². The predicted octanol–water partition coefficient (Wildman–Crippen LogP) is 3.60. The van der Waals surface area contributed by atoms with E-state index in [2.05, 4.69) is 5.32 Å². The zero-order valence-corrected chi connectivity index (χ0v) is 15.8. The second kappa shape index (κ2) is 8.84. The number of nitrogens with one attached hydrogen (secondary N) is 1. The van der Waals surface area contributed by atoms with Gasteiger partial charge in [-0.15, -0.1) is 11.3 Å². The Balaban J connectivity index is 1.49. The van der Waals surface area contributed by atoms with Gasteiger partial charge in [-0.05, 0) is 46.7 Å². The highest BCUT2D eigenvalue weighted by Crippen LogP contribution is 2.29. The van der Waals surface area contributed by atoms with Crippen molar-refractivity contribution in [2.24, 2.45) is 0 Å². The summed E-state index contributed by atoms with van der Waals surface area (Å²) in [5.41, 5.74) is 0.887. The summed E-state index contributed by atoms with van der Waals surface area (Å²) in [7, 11) is 1.56. The number of amides is 1. The zero-order chi connectivity index (χ0) is 18.4. The second-order valence-electron chi connectivity index (χ2n) is 5.48. The molecule has 1 unspecified atom stereocenters. The molecule has 1 aromatic carbocycles. The Morgan fingerprint density at radius 2 is 2.00 bits per heavy atom. The van der Waals surface area contributed by atoms with Crippen LogP contribution in [0.15, 0.2) is 53.2 Å². The van der Waals surface area contributed by atoms with E-state index in [1.54, 1.807) is 30.6 Å². The van der Waals surface area contributed by atoms with E-state index in [0.717, 1.165) is 15.3 Å². The minimum Gasteiger partial charge on any atom is -0.493 e. The number of rotatable bonds is 8. The summed E-state index contributed by atoms with van der Waals surface area (Å²) in [4.78, 5) is 13.8. The SMILES string of the molecule is COc1ccccc1OCC(=O)NCc1ccc(C(O)c2ccsc2)s1. The van der Waals surface area contributed by atoms with Crippen LogP contribution in [0.3, 0.4) is 0 Å². The van der Waals surface area contributed by atoms with Crippen LogP contribution in [0.4, 0.5) is 0 Å². The van der Waals surface area contributed by atoms with Gasteiger partial charge in [0.2, 0.25) is 0 Å². The van der Waals surface area contributed by atoms with Crippen molar-refractivity contribution in [3.05, 3.63) is 68.5 Å². The van der Waals surface area contributed by atoms with Crippen LogP contribution in [0.5, 0.6) is 11.5 Å². The molecule has 2 heterocycles. The van der Waals surface area contributed by atoms with Gasteiger partial charge in [-0.1, -0.05) is 12.1 Å². The number of para-hydroxylation sites is 2. The lowest BCUT2D eigenvalue weighted by molar-refractivity contribution is -0.123. The van der Waals surface area contributed by atoms with Gasteiger partial charge in [0.1, 0.15) is 6.10 Å². The van der Waals surface area contributed by atoms with Crippen LogP contribution in [-0.4, -0.2) is 24.7 Å². The summed E-state index contributed by atoms with van der Waals surface area (Å²) in [5, 5.41) is 17.0. The summed E-state index contributed by atoms with van der Waals surface area (Å²) in [5.74, 6) is 0.900. The maximum absolute atomic E-state index is 12.0. The van der Waals surface area contributed by atoms with Gasteiger partial charge in [0.05, 0.1) is 13.7 Å². The predicted molar refractivity (Wildman–Crippen MR) is 103 cm³/mol. The van der Waals surface area contributed by atoms with E-state index in [4.69, 9.17) is 9.47 Å². The lowest BCUT2D eigenvalue weighted by atomic mass is 10.2. The smallest absolute Gasteiger partial charge is 0.258 e. The molecule has 0 bridgehead atoms. The molecule has 3 aromatic rings. The van der Waals surface area contributed by atoms with Crippen LogP contribution in [0, 0.1) is 0 Å². The number of ether oxygens (including phenoxy) is 2. The fourth-order valence-electron chi connectivity index (χ4n) is 2.35. The Labute approximate surface area is 159 Å². The molecule has 0 spiro atoms. The van der Waals surface area contributed by atoms with E-state index in [9.17, 15) is 9.90 Å². The second-order valence-corrected chi connectivity index (χ2v) is 7.46. The van der Waals surface area contributed by atoms with Gasteiger partial charge in [0.25, 0.3) is 5.91 Å². The number of aliphatic hydroxyl groups excluding tert-OH is 1. The molecule has 3 rings (SSSR count). The molecule has 0 saturated heterocycles. The lowest BCUT2D eigenvalue weighted by Crippen LogP contribution is -2.28. The molecule has 1 amide bonds. The average Bonchev–Trinajstić information content (AvgIpc) is 3.36. The van der Waals surface area contributed by atoms with Crippen LogP contribution in [-0.2, 0) is 11.3 Å². The fourth-order valence-corrected chi connectivity index (χ4v) is 4.00. The van der Waals surface area contributed by atoms with E-state index in [-0.39, 0.29) is 12.5 Å². The van der Waals surface area contributed by atoms with Crippen molar-refractivity contribution in [1.82, 2.24) is 5.32 Å². The summed E-state index contributed by atoms with van der Waals surface area (Å²) >= 11 is 3.04. The van der Waals surface area contributed by atoms with Crippen molar-refractivity contribution < 1.29 is 19.4 Å². The van der Waals surface area contributed by atoms with Gasteiger partial charge in [0.15, 0.2) is 18.1 Å². The Kier molecular flexibility index (Phi) is 6.27. The molecule has 0 radical (unpaired) electrons. The maximum Gasteiger partial charge on any atom is 0.258 e. The number of thiophene rings is 2. The van der Waals surface area contributed by atoms with E-state index in [1.165, 1.54) is 11.3 Å². The molecule has 5 nitrogen and oxygen atoms in total. The van der Waals surface area contributed by atoms with Crippen LogP contribution in [0.25, 0.3) is 0 Å². The quantitative estimate of drug-likeness (QED) is 0.618. The van der Waals surface area contributed by atoms with Gasteiger partial charge in [0, 0.05) is 9.75 Å². The molecule has 0 aliphatic heterocycles. The third kappa shape index (κ3) is 4.63. The van der Waals surface area contributed by atoms with Gasteiger partial charge in [-0.3, -0.25) is 4.79 Å². The number of carbonyl (C=O) groups excluding carboxylic acids is 1. The standard InChI is InChI=1S/C19H19NO4S2/c1-23-15-4-2-3-5-16(15)24-11-18(21)20-10-14-6-7-17(26-14)19(22)13-8-9-25-12-13/h2-9,12,19,22H,10-11H2,1H3,(H,20,21). The highest BCUT2D eigenvalue weighted by Gasteiger charge is 2.14. The number of carbonyl (C=O) groups is 1. The molecule has 0 aliphatic rings. The van der Waals surface area contributed by atoms with Crippen molar-refractivity contribution in [2.75, 3.05) is 13.7 Å². The fraction of sp³-hybridized carbons (Fsp3) is 0.211. The summed E-state index contributed by atoms with van der Waals surface area (Å²) in [6.07, 6.45) is -0.621. The summed E-state index contributed by atoms with van der Waals surface area (Å²) < 4.78 is 10.7. The van der Waals surface area contributed by atoms with Crippen LogP contribution in [0.2, 0.25) is 0 Å². The van der Waals surface area contributed by atoms with Crippen LogP contribution in [0.1, 0.15) is 21.4 Å². The number of benzene rings is 1. The summed E-state index contributed by atoms with van der Waals surface area (Å²) in [6.45, 7) is 0.311. The Morgan fingerprint density at radius 1 is 1.19 bits per heavy atom. The van der Waals surface area contributed by atoms with Crippen LogP contribution >= 0.6 is 22.7 Å². The van der Waals surface area contributed by atoms with Gasteiger partial charge >= 0.3 is 0 Å². The van der Waals surface area contributed by atoms with Crippen molar-refractivity contribution in [1.29, 1.82) is 0 Å². The molecule has 136 valence electrons. The molecular formula is C19H19NO4S2. The van der Waals surface area contributed by atoms with Gasteiger partial charge in [-0.2, -0.15) is 11.3 Å². The van der Waals surface area contributed by atoms with Gasteiger partial charge < -0.3 is 19.9 Å². The molecule has 7 heteroatoms. The minimum absolute atomic E-state index is 0.0872. The van der Waals surface area contributed by atoms with Crippen molar-refractivity contribution in [3.63, 3.8) is 0 Å². The highest BCUT2D eigenvalue weighted by atomic mass is 32.1. The molecule has 1 atom stereocenters. The van der Waals surface area contributed by atoms with E-state index in [1.807, 2.05) is 41.1 Å². The number of hydrogen-bond donors (Lipinski definition) is 2. The molecule has 2 aromatic heterocycles. The van der Waals surface area contributed by atoms with E-state index in [0.29, 0.717) is 18.0 Å². The largest absolute Gasteiger partial charge is 0.493 e.